The second kappa shape index (κ2) is 7.65. The SMILES string of the molecule is CCn1c2ccccc2c2cc(NC(=O)COC(=O)c3cc4ccccc4[nH]3)ccc21. The summed E-state index contributed by atoms with van der Waals surface area (Å²) in [4.78, 5) is 27.7. The largest absolute Gasteiger partial charge is 0.451 e. The van der Waals surface area contributed by atoms with Gasteiger partial charge in [0.2, 0.25) is 0 Å². The molecule has 6 nitrogen and oxygen atoms in total. The van der Waals surface area contributed by atoms with Gasteiger partial charge in [-0.15, -0.1) is 0 Å². The molecule has 0 spiro atoms. The van der Waals surface area contributed by atoms with Crippen LogP contribution in [0.4, 0.5) is 5.69 Å². The lowest BCUT2D eigenvalue weighted by Gasteiger charge is -2.07. The van der Waals surface area contributed by atoms with E-state index in [2.05, 4.69) is 33.9 Å². The zero-order valence-electron chi connectivity index (χ0n) is 17.0. The molecule has 5 aromatic rings. The number of para-hydroxylation sites is 2. The van der Waals surface area contributed by atoms with Crippen LogP contribution in [-0.4, -0.2) is 28.0 Å². The van der Waals surface area contributed by atoms with Gasteiger partial charge in [-0.1, -0.05) is 36.4 Å². The van der Waals surface area contributed by atoms with E-state index in [-0.39, 0.29) is 12.5 Å². The topological polar surface area (TPSA) is 76.1 Å². The van der Waals surface area contributed by atoms with Crippen molar-refractivity contribution < 1.29 is 14.3 Å². The summed E-state index contributed by atoms with van der Waals surface area (Å²) in [5.74, 6) is -0.948. The molecule has 2 heterocycles. The lowest BCUT2D eigenvalue weighted by Crippen LogP contribution is -2.21. The molecule has 154 valence electrons. The van der Waals surface area contributed by atoms with E-state index in [1.165, 1.54) is 0 Å². The van der Waals surface area contributed by atoms with E-state index in [4.69, 9.17) is 4.74 Å². The third-order valence-corrected chi connectivity index (χ3v) is 5.46. The Morgan fingerprint density at radius 2 is 1.71 bits per heavy atom. The van der Waals surface area contributed by atoms with Crippen LogP contribution in [0.15, 0.2) is 72.8 Å². The van der Waals surface area contributed by atoms with E-state index in [0.29, 0.717) is 11.4 Å². The number of anilines is 1. The normalized spacial score (nSPS) is 11.3. The van der Waals surface area contributed by atoms with Crippen molar-refractivity contribution in [1.82, 2.24) is 9.55 Å². The van der Waals surface area contributed by atoms with Crippen molar-refractivity contribution >= 4 is 50.3 Å². The number of carbonyl (C=O) groups excluding carboxylic acids is 2. The van der Waals surface area contributed by atoms with Gasteiger partial charge in [0.15, 0.2) is 6.61 Å². The van der Waals surface area contributed by atoms with Crippen molar-refractivity contribution in [2.45, 2.75) is 13.5 Å². The van der Waals surface area contributed by atoms with Crippen molar-refractivity contribution in [3.05, 3.63) is 78.5 Å². The first kappa shape index (κ1) is 18.9. The number of H-pyrrole nitrogens is 1. The third kappa shape index (κ3) is 3.42. The number of aromatic nitrogens is 2. The van der Waals surface area contributed by atoms with Gasteiger partial charge in [0.1, 0.15) is 5.69 Å². The van der Waals surface area contributed by atoms with Crippen LogP contribution in [-0.2, 0) is 16.1 Å². The van der Waals surface area contributed by atoms with E-state index in [0.717, 1.165) is 39.3 Å². The van der Waals surface area contributed by atoms with Gasteiger partial charge >= 0.3 is 5.97 Å². The average molecular weight is 411 g/mol. The summed E-state index contributed by atoms with van der Waals surface area (Å²) in [5.41, 5.74) is 4.11. The van der Waals surface area contributed by atoms with Crippen LogP contribution in [0, 0.1) is 0 Å². The van der Waals surface area contributed by atoms with Gasteiger partial charge in [-0.05, 0) is 43.3 Å². The minimum atomic E-state index is -0.562. The summed E-state index contributed by atoms with van der Waals surface area (Å²) in [6.45, 7) is 2.62. The number of hydrogen-bond acceptors (Lipinski definition) is 3. The minimum absolute atomic E-state index is 0.322. The monoisotopic (exact) mass is 411 g/mol. The Balaban J connectivity index is 1.31. The smallest absolute Gasteiger partial charge is 0.355 e. The molecule has 0 aliphatic carbocycles. The van der Waals surface area contributed by atoms with Crippen molar-refractivity contribution in [1.29, 1.82) is 0 Å². The van der Waals surface area contributed by atoms with Crippen molar-refractivity contribution in [2.24, 2.45) is 0 Å². The van der Waals surface area contributed by atoms with Crippen LogP contribution in [0.1, 0.15) is 17.4 Å². The number of aromatic amines is 1. The highest BCUT2D eigenvalue weighted by atomic mass is 16.5. The standard InChI is InChI=1S/C25H21N3O3/c1-2-28-22-10-6-4-8-18(22)19-14-17(11-12-23(19)28)26-24(29)15-31-25(30)21-13-16-7-3-5-9-20(16)27-21/h3-14,27H,2,15H2,1H3,(H,26,29). The first-order valence-corrected chi connectivity index (χ1v) is 10.2. The number of amides is 1. The number of esters is 1. The zero-order chi connectivity index (χ0) is 21.4. The van der Waals surface area contributed by atoms with Crippen molar-refractivity contribution in [2.75, 3.05) is 11.9 Å². The first-order valence-electron chi connectivity index (χ1n) is 10.2. The van der Waals surface area contributed by atoms with Crippen LogP contribution in [0.5, 0.6) is 0 Å². The number of benzene rings is 3. The Hall–Kier alpha value is -4.06. The van der Waals surface area contributed by atoms with Crippen LogP contribution < -0.4 is 5.32 Å². The molecule has 0 aliphatic rings. The molecule has 0 bridgehead atoms. The van der Waals surface area contributed by atoms with Gasteiger partial charge in [-0.25, -0.2) is 4.79 Å². The number of carbonyl (C=O) groups is 2. The predicted octanol–water partition coefficient (Wildman–Crippen LogP) is 5.09. The maximum atomic E-state index is 12.4. The molecule has 2 aromatic heterocycles. The molecule has 31 heavy (non-hydrogen) atoms. The van der Waals surface area contributed by atoms with Gasteiger partial charge in [-0.2, -0.15) is 0 Å². The maximum Gasteiger partial charge on any atom is 0.355 e. The van der Waals surface area contributed by atoms with E-state index in [1.54, 1.807) is 6.07 Å². The Labute approximate surface area is 178 Å². The lowest BCUT2D eigenvalue weighted by molar-refractivity contribution is -0.119. The first-order chi connectivity index (χ1) is 15.1. The molecule has 0 unspecified atom stereocenters. The molecule has 6 heteroatoms. The molecule has 0 radical (unpaired) electrons. The molecular formula is C25H21N3O3. The summed E-state index contributed by atoms with van der Waals surface area (Å²) < 4.78 is 7.43. The van der Waals surface area contributed by atoms with Crippen LogP contribution in [0.2, 0.25) is 0 Å². The number of rotatable bonds is 5. The summed E-state index contributed by atoms with van der Waals surface area (Å²) in [6, 6.07) is 23.3. The second-order valence-corrected chi connectivity index (χ2v) is 7.39. The molecule has 2 N–H and O–H groups in total. The fourth-order valence-corrected chi connectivity index (χ4v) is 4.06. The second-order valence-electron chi connectivity index (χ2n) is 7.39. The van der Waals surface area contributed by atoms with Crippen molar-refractivity contribution in [3.63, 3.8) is 0 Å². The molecular weight excluding hydrogens is 390 g/mol. The van der Waals surface area contributed by atoms with Crippen LogP contribution in [0.3, 0.4) is 0 Å². The summed E-state index contributed by atoms with van der Waals surface area (Å²) >= 11 is 0. The van der Waals surface area contributed by atoms with Gasteiger partial charge in [0.25, 0.3) is 5.91 Å². The van der Waals surface area contributed by atoms with Gasteiger partial charge < -0.3 is 19.6 Å². The number of hydrogen-bond donors (Lipinski definition) is 2. The summed E-state index contributed by atoms with van der Waals surface area (Å²) in [7, 11) is 0. The van der Waals surface area contributed by atoms with Crippen LogP contribution in [0.25, 0.3) is 32.7 Å². The van der Waals surface area contributed by atoms with Crippen molar-refractivity contribution in [3.8, 4) is 0 Å². The highest BCUT2D eigenvalue weighted by Crippen LogP contribution is 2.31. The highest BCUT2D eigenvalue weighted by Gasteiger charge is 2.14. The van der Waals surface area contributed by atoms with E-state index in [1.807, 2.05) is 54.6 Å². The fourth-order valence-electron chi connectivity index (χ4n) is 4.06. The number of nitrogens with one attached hydrogen (secondary N) is 2. The number of ether oxygens (including phenoxy) is 1. The summed E-state index contributed by atoms with van der Waals surface area (Å²) in [6.07, 6.45) is 0. The Morgan fingerprint density at radius 3 is 2.55 bits per heavy atom. The molecule has 0 aliphatic heterocycles. The molecule has 0 saturated carbocycles. The maximum absolute atomic E-state index is 12.4. The van der Waals surface area contributed by atoms with E-state index < -0.39 is 5.97 Å². The molecule has 1 amide bonds. The quantitative estimate of drug-likeness (QED) is 0.396. The highest BCUT2D eigenvalue weighted by molar-refractivity contribution is 6.10. The zero-order valence-corrected chi connectivity index (χ0v) is 17.0. The van der Waals surface area contributed by atoms with E-state index >= 15 is 0 Å². The van der Waals surface area contributed by atoms with Gasteiger partial charge in [0.05, 0.1) is 0 Å². The third-order valence-electron chi connectivity index (χ3n) is 5.46. The van der Waals surface area contributed by atoms with Crippen LogP contribution >= 0.6 is 0 Å². The molecule has 0 saturated heterocycles. The predicted molar refractivity (Wildman–Crippen MR) is 122 cm³/mol. The number of nitrogens with zero attached hydrogens (tertiary/aromatic N) is 1. The Kier molecular flexibility index (Phi) is 4.67. The number of aryl methyl sites for hydroxylation is 1. The molecule has 3 aromatic carbocycles. The Morgan fingerprint density at radius 1 is 0.935 bits per heavy atom. The number of fused-ring (bicyclic) bond motifs is 4. The Bertz CT molecular complexity index is 1410. The minimum Gasteiger partial charge on any atom is -0.451 e. The molecule has 0 atom stereocenters. The summed E-state index contributed by atoms with van der Waals surface area (Å²) in [5, 5.41) is 5.95. The molecule has 5 rings (SSSR count). The molecule has 0 fully saturated rings. The average Bonchev–Trinajstić information content (AvgIpc) is 3.36. The van der Waals surface area contributed by atoms with Gasteiger partial charge in [-0.3, -0.25) is 4.79 Å². The fraction of sp³-hybridized carbons (Fsp3) is 0.120. The van der Waals surface area contributed by atoms with E-state index in [9.17, 15) is 9.59 Å². The lowest BCUT2D eigenvalue weighted by atomic mass is 10.1. The van der Waals surface area contributed by atoms with Gasteiger partial charge in [0, 0.05) is 44.9 Å².